The third-order valence-corrected chi connectivity index (χ3v) is 6.62. The first kappa shape index (κ1) is 19.8. The summed E-state index contributed by atoms with van der Waals surface area (Å²) in [5, 5.41) is 7.55. The summed E-state index contributed by atoms with van der Waals surface area (Å²) in [6.45, 7) is 3.14. The van der Waals surface area contributed by atoms with Crippen LogP contribution in [0.3, 0.4) is 0 Å². The van der Waals surface area contributed by atoms with Gasteiger partial charge in [-0.15, -0.1) is 0 Å². The number of aromatic nitrogens is 1. The molecule has 2 saturated heterocycles. The van der Waals surface area contributed by atoms with Crippen LogP contribution in [0.2, 0.25) is 0 Å². The number of hydrogen-bond donors (Lipinski definition) is 3. The number of rotatable bonds is 3. The molecule has 7 heteroatoms. The second-order valence-electron chi connectivity index (χ2n) is 8.64. The van der Waals surface area contributed by atoms with E-state index in [1.165, 1.54) is 24.6 Å². The molecule has 0 radical (unpaired) electrons. The molecule has 2 amide bonds. The van der Waals surface area contributed by atoms with Crippen molar-refractivity contribution in [1.29, 1.82) is 0 Å². The highest BCUT2D eigenvalue weighted by Gasteiger charge is 2.53. The molecule has 2 fully saturated rings. The first-order chi connectivity index (χ1) is 14.9. The van der Waals surface area contributed by atoms with Crippen molar-refractivity contribution < 1.29 is 14.0 Å². The number of nitrogens with one attached hydrogen (secondary N) is 3. The van der Waals surface area contributed by atoms with Crippen LogP contribution >= 0.6 is 0 Å². The Bertz CT molecular complexity index is 1140. The Hall–Kier alpha value is -3.19. The molecule has 2 aromatic carbocycles. The maximum absolute atomic E-state index is 13.5. The van der Waals surface area contributed by atoms with E-state index in [-0.39, 0.29) is 29.6 Å². The molecule has 3 heterocycles. The molecular weight excluding hydrogens is 395 g/mol. The van der Waals surface area contributed by atoms with Gasteiger partial charge in [-0.25, -0.2) is 4.39 Å². The number of benzene rings is 2. The van der Waals surface area contributed by atoms with Crippen LogP contribution in [-0.2, 0) is 4.79 Å². The van der Waals surface area contributed by atoms with Gasteiger partial charge in [0, 0.05) is 49.4 Å². The van der Waals surface area contributed by atoms with Crippen LogP contribution < -0.4 is 10.6 Å². The molecule has 0 aliphatic carbocycles. The number of hydrogen-bond acceptors (Lipinski definition) is 3. The highest BCUT2D eigenvalue weighted by atomic mass is 19.1. The van der Waals surface area contributed by atoms with Crippen LogP contribution in [0, 0.1) is 11.7 Å². The molecule has 3 atom stereocenters. The molecule has 1 aromatic heterocycles. The molecule has 2 aliphatic heterocycles. The van der Waals surface area contributed by atoms with Gasteiger partial charge in [0.15, 0.2) is 0 Å². The number of H-pyrrole nitrogens is 1. The van der Waals surface area contributed by atoms with Crippen molar-refractivity contribution in [2.75, 3.05) is 19.6 Å². The van der Waals surface area contributed by atoms with Crippen molar-refractivity contribution in [3.8, 4) is 0 Å². The van der Waals surface area contributed by atoms with Crippen molar-refractivity contribution in [2.45, 2.75) is 24.9 Å². The predicted molar refractivity (Wildman–Crippen MR) is 116 cm³/mol. The summed E-state index contributed by atoms with van der Waals surface area (Å²) in [6.07, 6.45) is 0.771. The second-order valence-corrected chi connectivity index (χ2v) is 8.64. The van der Waals surface area contributed by atoms with E-state index >= 15 is 0 Å². The zero-order valence-corrected chi connectivity index (χ0v) is 17.3. The zero-order chi connectivity index (χ0) is 21.6. The number of amides is 2. The molecule has 2 aliphatic rings. The summed E-state index contributed by atoms with van der Waals surface area (Å²) in [5.41, 5.74) is 1.69. The highest BCUT2D eigenvalue weighted by Crippen LogP contribution is 2.42. The molecular formula is C24H25FN4O2. The average Bonchev–Trinajstić information content (AvgIpc) is 3.34. The molecule has 0 spiro atoms. The van der Waals surface area contributed by atoms with Crippen LogP contribution in [-0.4, -0.2) is 46.9 Å². The van der Waals surface area contributed by atoms with E-state index in [0.29, 0.717) is 30.8 Å². The van der Waals surface area contributed by atoms with Crippen LogP contribution in [0.25, 0.3) is 10.9 Å². The molecule has 31 heavy (non-hydrogen) atoms. The zero-order valence-electron chi connectivity index (χ0n) is 17.3. The number of nitrogens with zero attached hydrogens (tertiary/aromatic N) is 1. The number of carbonyl (C=O) groups excluding carboxylic acids is 2. The van der Waals surface area contributed by atoms with E-state index in [4.69, 9.17) is 0 Å². The molecule has 3 aromatic rings. The molecule has 0 bridgehead atoms. The lowest BCUT2D eigenvalue weighted by molar-refractivity contribution is -0.122. The Morgan fingerprint density at radius 1 is 1.16 bits per heavy atom. The minimum absolute atomic E-state index is 0.101. The lowest BCUT2D eigenvalue weighted by Gasteiger charge is -2.45. The SMILES string of the molecule is CC(=O)N[C@]12CN[C@H](c3ccccc3)[C@H]1CCN(C(=O)c1cc3ccc(F)cc3[nH]1)C2. The van der Waals surface area contributed by atoms with Gasteiger partial charge in [0.25, 0.3) is 5.91 Å². The van der Waals surface area contributed by atoms with Gasteiger partial charge < -0.3 is 20.5 Å². The van der Waals surface area contributed by atoms with Crippen LogP contribution in [0.15, 0.2) is 54.6 Å². The maximum atomic E-state index is 13.5. The van der Waals surface area contributed by atoms with Gasteiger partial charge in [-0.05, 0) is 36.2 Å². The molecule has 5 rings (SSSR count). The first-order valence-electron chi connectivity index (χ1n) is 10.6. The number of carbonyl (C=O) groups is 2. The quantitative estimate of drug-likeness (QED) is 0.610. The minimum Gasteiger partial charge on any atom is -0.350 e. The van der Waals surface area contributed by atoms with Gasteiger partial charge in [0.05, 0.1) is 5.54 Å². The van der Waals surface area contributed by atoms with E-state index in [1.807, 2.05) is 18.2 Å². The number of aromatic amines is 1. The summed E-state index contributed by atoms with van der Waals surface area (Å²) in [5.74, 6) is -0.402. The van der Waals surface area contributed by atoms with Gasteiger partial charge >= 0.3 is 0 Å². The van der Waals surface area contributed by atoms with Crippen LogP contribution in [0.5, 0.6) is 0 Å². The lowest BCUT2D eigenvalue weighted by Crippen LogP contribution is -2.64. The summed E-state index contributed by atoms with van der Waals surface area (Å²) < 4.78 is 13.5. The fourth-order valence-electron chi connectivity index (χ4n) is 5.31. The summed E-state index contributed by atoms with van der Waals surface area (Å²) in [4.78, 5) is 30.2. The monoisotopic (exact) mass is 420 g/mol. The van der Waals surface area contributed by atoms with Gasteiger partial charge in [-0.1, -0.05) is 30.3 Å². The summed E-state index contributed by atoms with van der Waals surface area (Å²) >= 11 is 0. The van der Waals surface area contributed by atoms with Gasteiger partial charge in [-0.3, -0.25) is 9.59 Å². The fraction of sp³-hybridized carbons (Fsp3) is 0.333. The van der Waals surface area contributed by atoms with Gasteiger partial charge in [0.2, 0.25) is 5.91 Å². The lowest BCUT2D eigenvalue weighted by atomic mass is 9.75. The normalized spacial score (nSPS) is 25.4. The molecule has 6 nitrogen and oxygen atoms in total. The number of likely N-dealkylation sites (tertiary alicyclic amines) is 1. The number of halogens is 1. The summed E-state index contributed by atoms with van der Waals surface area (Å²) in [7, 11) is 0. The predicted octanol–water partition coefficient (Wildman–Crippen LogP) is 2.99. The smallest absolute Gasteiger partial charge is 0.270 e. The maximum Gasteiger partial charge on any atom is 0.270 e. The summed E-state index contributed by atoms with van der Waals surface area (Å²) in [6, 6.07) is 16.6. The van der Waals surface area contributed by atoms with Crippen molar-refractivity contribution in [3.63, 3.8) is 0 Å². The third-order valence-electron chi connectivity index (χ3n) is 6.62. The standard InChI is InChI=1S/C24H25FN4O2/c1-15(30)28-24-13-26-22(16-5-3-2-4-6-16)19(24)9-10-29(14-24)23(31)21-11-17-7-8-18(25)12-20(17)27-21/h2-8,11-12,19,22,26-27H,9-10,13-14H2,1H3,(H,28,30)/t19-,22-,24+/m1/s1. The Morgan fingerprint density at radius 3 is 2.74 bits per heavy atom. The van der Waals surface area contributed by atoms with Gasteiger partial charge in [0.1, 0.15) is 11.5 Å². The van der Waals surface area contributed by atoms with E-state index in [9.17, 15) is 14.0 Å². The van der Waals surface area contributed by atoms with Crippen molar-refractivity contribution in [3.05, 3.63) is 71.7 Å². The van der Waals surface area contributed by atoms with Crippen LogP contribution in [0.4, 0.5) is 4.39 Å². The number of fused-ring (bicyclic) bond motifs is 2. The van der Waals surface area contributed by atoms with Crippen molar-refractivity contribution >= 4 is 22.7 Å². The van der Waals surface area contributed by atoms with Crippen molar-refractivity contribution in [2.24, 2.45) is 5.92 Å². The Balaban J connectivity index is 1.43. The topological polar surface area (TPSA) is 77.2 Å². The minimum atomic E-state index is -0.529. The highest BCUT2D eigenvalue weighted by molar-refractivity contribution is 5.98. The number of piperidine rings is 1. The molecule has 0 unspecified atom stereocenters. The third kappa shape index (κ3) is 3.49. The molecule has 160 valence electrons. The van der Waals surface area contributed by atoms with E-state index in [2.05, 4.69) is 27.8 Å². The van der Waals surface area contributed by atoms with E-state index < -0.39 is 5.54 Å². The van der Waals surface area contributed by atoms with E-state index in [0.717, 1.165) is 11.8 Å². The average molecular weight is 420 g/mol. The Morgan fingerprint density at radius 2 is 1.97 bits per heavy atom. The van der Waals surface area contributed by atoms with Crippen molar-refractivity contribution in [1.82, 2.24) is 20.5 Å². The van der Waals surface area contributed by atoms with E-state index in [1.54, 1.807) is 17.0 Å². The molecule has 3 N–H and O–H groups in total. The van der Waals surface area contributed by atoms with Crippen LogP contribution in [0.1, 0.15) is 35.4 Å². The molecule has 0 saturated carbocycles. The first-order valence-corrected chi connectivity index (χ1v) is 10.6. The second kappa shape index (κ2) is 7.50. The largest absolute Gasteiger partial charge is 0.350 e. The Labute approximate surface area is 179 Å². The Kier molecular flexibility index (Phi) is 4.78. The van der Waals surface area contributed by atoms with Gasteiger partial charge in [-0.2, -0.15) is 0 Å². The fourth-order valence-corrected chi connectivity index (χ4v) is 5.31.